The fourth-order valence-electron chi connectivity index (χ4n) is 3.51. The number of carbonyl (C=O) groups is 1. The first-order valence-corrected chi connectivity index (χ1v) is 9.22. The Morgan fingerprint density at radius 1 is 1.29 bits per heavy atom. The zero-order valence-corrected chi connectivity index (χ0v) is 16.3. The second kappa shape index (κ2) is 8.68. The third-order valence-electron chi connectivity index (χ3n) is 4.96. The number of carbonyl (C=O) groups excluding carboxylic acids is 1. The Balaban J connectivity index is 1.60. The molecular formula is C19H27N5O4. The molecule has 9 nitrogen and oxygen atoms in total. The van der Waals surface area contributed by atoms with E-state index in [4.69, 9.17) is 4.74 Å². The van der Waals surface area contributed by atoms with Crippen LogP contribution in [0.4, 0.5) is 0 Å². The Kier molecular flexibility index (Phi) is 6.28. The normalized spacial score (nSPS) is 24.5. The van der Waals surface area contributed by atoms with Crippen LogP contribution in [0.5, 0.6) is 5.75 Å². The lowest BCUT2D eigenvalue weighted by atomic mass is 10.1. The van der Waals surface area contributed by atoms with E-state index < -0.39 is 18.2 Å². The first-order chi connectivity index (χ1) is 13.4. The molecule has 28 heavy (non-hydrogen) atoms. The second-order valence-corrected chi connectivity index (χ2v) is 7.46. The highest BCUT2D eigenvalue weighted by atomic mass is 16.5. The Hall–Kier alpha value is -2.49. The summed E-state index contributed by atoms with van der Waals surface area (Å²) >= 11 is 0. The van der Waals surface area contributed by atoms with E-state index in [1.807, 2.05) is 25.2 Å². The maximum Gasteiger partial charge on any atom is 0.251 e. The molecule has 1 aliphatic carbocycles. The van der Waals surface area contributed by atoms with Crippen LogP contribution in [0.1, 0.15) is 22.5 Å². The summed E-state index contributed by atoms with van der Waals surface area (Å²) in [6, 6.07) is 6.19. The number of amides is 1. The maximum absolute atomic E-state index is 12.4. The molecule has 1 fully saturated rings. The summed E-state index contributed by atoms with van der Waals surface area (Å²) in [6.45, 7) is 1.10. The number of ether oxygens (including phenoxy) is 1. The van der Waals surface area contributed by atoms with Crippen LogP contribution >= 0.6 is 0 Å². The number of aliphatic hydroxyl groups excluding tert-OH is 2. The first-order valence-electron chi connectivity index (χ1n) is 9.22. The van der Waals surface area contributed by atoms with Gasteiger partial charge in [0.05, 0.1) is 24.9 Å². The first kappa shape index (κ1) is 20.2. The van der Waals surface area contributed by atoms with Crippen molar-refractivity contribution in [3.05, 3.63) is 41.7 Å². The molecule has 2 aromatic rings. The van der Waals surface area contributed by atoms with E-state index in [0.29, 0.717) is 30.8 Å². The summed E-state index contributed by atoms with van der Waals surface area (Å²) in [7, 11) is 5.46. The van der Waals surface area contributed by atoms with Crippen molar-refractivity contribution in [3.8, 4) is 5.75 Å². The quantitative estimate of drug-likeness (QED) is 0.606. The average Bonchev–Trinajstić information content (AvgIpc) is 3.21. The number of benzene rings is 1. The Labute approximate surface area is 163 Å². The van der Waals surface area contributed by atoms with Crippen LogP contribution in [0.15, 0.2) is 30.5 Å². The lowest BCUT2D eigenvalue weighted by molar-refractivity contribution is 0.00762. The van der Waals surface area contributed by atoms with Crippen molar-refractivity contribution >= 4 is 5.91 Å². The molecular weight excluding hydrogens is 362 g/mol. The van der Waals surface area contributed by atoms with Crippen LogP contribution in [0.3, 0.4) is 0 Å². The molecule has 4 atom stereocenters. The van der Waals surface area contributed by atoms with E-state index in [9.17, 15) is 15.0 Å². The molecule has 0 unspecified atom stereocenters. The molecule has 0 bridgehead atoms. The molecule has 0 spiro atoms. The molecule has 9 heteroatoms. The Morgan fingerprint density at radius 2 is 2.00 bits per heavy atom. The van der Waals surface area contributed by atoms with E-state index in [2.05, 4.69) is 15.6 Å². The van der Waals surface area contributed by atoms with Gasteiger partial charge >= 0.3 is 0 Å². The summed E-state index contributed by atoms with van der Waals surface area (Å²) in [4.78, 5) is 14.4. The van der Waals surface area contributed by atoms with Gasteiger partial charge in [-0.15, -0.1) is 5.10 Å². The van der Waals surface area contributed by atoms with E-state index in [-0.39, 0.29) is 11.8 Å². The Morgan fingerprint density at radius 3 is 2.64 bits per heavy atom. The van der Waals surface area contributed by atoms with Crippen LogP contribution in [0.2, 0.25) is 0 Å². The van der Waals surface area contributed by atoms with Crippen LogP contribution in [0, 0.1) is 5.92 Å². The number of nitrogens with one attached hydrogen (secondary N) is 1. The number of hydrogen-bond acceptors (Lipinski definition) is 7. The van der Waals surface area contributed by atoms with Gasteiger partial charge in [0.2, 0.25) is 0 Å². The van der Waals surface area contributed by atoms with Gasteiger partial charge in [-0.3, -0.25) is 9.48 Å². The number of aromatic nitrogens is 3. The molecule has 1 heterocycles. The number of nitrogens with zero attached hydrogens (tertiary/aromatic N) is 4. The van der Waals surface area contributed by atoms with Gasteiger partial charge < -0.3 is 25.2 Å². The lowest BCUT2D eigenvalue weighted by Gasteiger charge is -2.18. The van der Waals surface area contributed by atoms with Crippen molar-refractivity contribution in [2.45, 2.75) is 37.8 Å². The van der Waals surface area contributed by atoms with Crippen LogP contribution in [0.25, 0.3) is 0 Å². The summed E-state index contributed by atoms with van der Waals surface area (Å²) in [6.07, 6.45) is 0.315. The fourth-order valence-corrected chi connectivity index (χ4v) is 3.51. The van der Waals surface area contributed by atoms with Gasteiger partial charge in [-0.25, -0.2) is 0 Å². The standard InChI is InChI=1S/C19H27N5O4/c1-23(2)10-14-11-24(22-21-14)9-13-8-16(18(26)17(13)25)20-19(27)12-4-6-15(28-3)7-5-12/h4-7,11,13,16-18,25-26H,8-10H2,1-3H3,(H,20,27)/t13-,16-,17-,18+/m1/s1. The smallest absolute Gasteiger partial charge is 0.251 e. The van der Waals surface area contributed by atoms with Crippen molar-refractivity contribution in [2.24, 2.45) is 5.92 Å². The summed E-state index contributed by atoms with van der Waals surface area (Å²) in [5.41, 5.74) is 1.30. The number of hydrogen-bond donors (Lipinski definition) is 3. The summed E-state index contributed by atoms with van der Waals surface area (Å²) in [5.74, 6) is 0.132. The predicted molar refractivity (Wildman–Crippen MR) is 102 cm³/mol. The van der Waals surface area contributed by atoms with Crippen molar-refractivity contribution in [3.63, 3.8) is 0 Å². The number of aliphatic hydroxyl groups is 2. The van der Waals surface area contributed by atoms with Gasteiger partial charge in [-0.1, -0.05) is 5.21 Å². The zero-order valence-electron chi connectivity index (χ0n) is 16.3. The topological polar surface area (TPSA) is 113 Å². The number of methoxy groups -OCH3 is 1. The van der Waals surface area contributed by atoms with Crippen LogP contribution < -0.4 is 10.1 Å². The van der Waals surface area contributed by atoms with Gasteiger partial charge in [0.1, 0.15) is 11.9 Å². The number of rotatable bonds is 7. The van der Waals surface area contributed by atoms with Gasteiger partial charge in [0.25, 0.3) is 5.91 Å². The zero-order chi connectivity index (χ0) is 20.3. The van der Waals surface area contributed by atoms with Crippen molar-refractivity contribution < 1.29 is 19.7 Å². The minimum absolute atomic E-state index is 0.231. The molecule has 1 saturated carbocycles. The summed E-state index contributed by atoms with van der Waals surface area (Å²) < 4.78 is 6.76. The lowest BCUT2D eigenvalue weighted by Crippen LogP contribution is -2.43. The van der Waals surface area contributed by atoms with E-state index in [0.717, 1.165) is 5.69 Å². The maximum atomic E-state index is 12.4. The molecule has 1 aliphatic rings. The van der Waals surface area contributed by atoms with E-state index in [1.165, 1.54) is 0 Å². The molecule has 3 N–H and O–H groups in total. The predicted octanol–water partition coefficient (Wildman–Crippen LogP) is -0.111. The average molecular weight is 389 g/mol. The van der Waals surface area contributed by atoms with Gasteiger partial charge in [0.15, 0.2) is 0 Å². The van der Waals surface area contributed by atoms with Crippen LogP contribution in [-0.2, 0) is 13.1 Å². The van der Waals surface area contributed by atoms with Crippen LogP contribution in [-0.4, -0.2) is 75.5 Å². The second-order valence-electron chi connectivity index (χ2n) is 7.46. The molecule has 3 rings (SSSR count). The van der Waals surface area contributed by atoms with E-state index in [1.54, 1.807) is 36.1 Å². The minimum atomic E-state index is -1.03. The van der Waals surface area contributed by atoms with Crippen molar-refractivity contribution in [1.29, 1.82) is 0 Å². The van der Waals surface area contributed by atoms with Crippen molar-refractivity contribution in [1.82, 2.24) is 25.2 Å². The molecule has 1 amide bonds. The monoisotopic (exact) mass is 389 g/mol. The third-order valence-corrected chi connectivity index (χ3v) is 4.96. The molecule has 1 aromatic carbocycles. The third kappa shape index (κ3) is 4.67. The molecule has 0 radical (unpaired) electrons. The SMILES string of the molecule is COc1ccc(C(=O)N[C@@H]2C[C@H](Cn3cc(CN(C)C)nn3)[C@@H](O)[C@H]2O)cc1. The molecule has 152 valence electrons. The Bertz CT molecular complexity index is 792. The van der Waals surface area contributed by atoms with E-state index >= 15 is 0 Å². The molecule has 0 saturated heterocycles. The van der Waals surface area contributed by atoms with Crippen molar-refractivity contribution in [2.75, 3.05) is 21.2 Å². The highest BCUT2D eigenvalue weighted by Gasteiger charge is 2.42. The van der Waals surface area contributed by atoms with Gasteiger partial charge in [-0.2, -0.15) is 0 Å². The summed E-state index contributed by atoms with van der Waals surface area (Å²) in [5, 5.41) is 31.8. The van der Waals surface area contributed by atoms with Gasteiger partial charge in [-0.05, 0) is 44.8 Å². The minimum Gasteiger partial charge on any atom is -0.497 e. The van der Waals surface area contributed by atoms with Gasteiger partial charge in [0, 0.05) is 30.8 Å². The molecule has 1 aromatic heterocycles. The highest BCUT2D eigenvalue weighted by molar-refractivity contribution is 5.94. The highest BCUT2D eigenvalue weighted by Crippen LogP contribution is 2.28. The largest absolute Gasteiger partial charge is 0.497 e. The fraction of sp³-hybridized carbons (Fsp3) is 0.526. The molecule has 0 aliphatic heterocycles.